The van der Waals surface area contributed by atoms with Gasteiger partial charge in [0, 0.05) is 10.6 Å². The van der Waals surface area contributed by atoms with Gasteiger partial charge in [0.1, 0.15) is 16.5 Å². The Hall–Kier alpha value is -3.56. The molecule has 1 aliphatic heterocycles. The molecule has 8 nitrogen and oxygen atoms in total. The van der Waals surface area contributed by atoms with Crippen LogP contribution in [0, 0.1) is 12.8 Å². The second-order valence-electron chi connectivity index (χ2n) is 7.51. The van der Waals surface area contributed by atoms with E-state index in [1.54, 1.807) is 55.5 Å². The number of Topliss-reactive ketones (excluding diaryl/α,β-unsaturated/α-hetero) is 2. The number of rotatable bonds is 6. The molecule has 0 spiro atoms. The zero-order valence-corrected chi connectivity index (χ0v) is 20.0. The van der Waals surface area contributed by atoms with Crippen LogP contribution in [-0.2, 0) is 14.3 Å². The average Bonchev–Trinajstić information content (AvgIpc) is 3.35. The molecule has 3 aromatic rings. The molecule has 1 fully saturated rings. The van der Waals surface area contributed by atoms with Crippen molar-refractivity contribution in [3.63, 3.8) is 0 Å². The summed E-state index contributed by atoms with van der Waals surface area (Å²) in [6.45, 7) is 1.60. The number of hydrogen-bond acceptors (Lipinski definition) is 8. The number of methoxy groups -OCH3 is 2. The number of hydrogen-bond donors (Lipinski definition) is 0. The smallest absolute Gasteiger partial charge is 0.350 e. The minimum Gasteiger partial charge on any atom is -0.497 e. The number of nitrogens with zero attached hydrogens (tertiary/aromatic N) is 2. The number of thiazole rings is 1. The highest BCUT2D eigenvalue weighted by molar-refractivity contribution is 7.17. The molecule has 1 amide bonds. The molecule has 2 atom stereocenters. The van der Waals surface area contributed by atoms with Crippen molar-refractivity contribution in [2.75, 3.05) is 19.1 Å². The van der Waals surface area contributed by atoms with Crippen LogP contribution in [0.4, 0.5) is 5.13 Å². The summed E-state index contributed by atoms with van der Waals surface area (Å²) in [7, 11) is 2.74. The van der Waals surface area contributed by atoms with Gasteiger partial charge in [-0.2, -0.15) is 0 Å². The van der Waals surface area contributed by atoms with E-state index in [1.165, 1.54) is 19.1 Å². The molecule has 0 radical (unpaired) electrons. The van der Waals surface area contributed by atoms with Crippen molar-refractivity contribution in [1.82, 2.24) is 4.98 Å². The van der Waals surface area contributed by atoms with Gasteiger partial charge in [-0.25, -0.2) is 9.78 Å². The van der Waals surface area contributed by atoms with Crippen LogP contribution in [0.25, 0.3) is 0 Å². The first-order valence-corrected chi connectivity index (χ1v) is 11.3. The summed E-state index contributed by atoms with van der Waals surface area (Å²) < 4.78 is 9.92. The lowest BCUT2D eigenvalue weighted by Crippen LogP contribution is -2.30. The van der Waals surface area contributed by atoms with Gasteiger partial charge in [0.15, 0.2) is 10.9 Å². The summed E-state index contributed by atoms with van der Waals surface area (Å²) in [5, 5.41) is 0.586. The summed E-state index contributed by atoms with van der Waals surface area (Å²) in [5.41, 5.74) is 1.15. The van der Waals surface area contributed by atoms with Crippen LogP contribution in [0.5, 0.6) is 5.75 Å². The second kappa shape index (κ2) is 9.36. The summed E-state index contributed by atoms with van der Waals surface area (Å²) in [6.07, 6.45) is 0. The topological polar surface area (TPSA) is 103 Å². The van der Waals surface area contributed by atoms with E-state index in [4.69, 9.17) is 21.1 Å². The predicted octanol–water partition coefficient (Wildman–Crippen LogP) is 4.06. The van der Waals surface area contributed by atoms with Crippen molar-refractivity contribution >= 4 is 51.5 Å². The van der Waals surface area contributed by atoms with Gasteiger partial charge in [0.2, 0.25) is 5.78 Å². The molecule has 174 valence electrons. The predicted molar refractivity (Wildman–Crippen MR) is 126 cm³/mol. The Balaban J connectivity index is 1.83. The molecular weight excluding hydrogens is 480 g/mol. The number of carbonyl (C=O) groups is 4. The first-order valence-electron chi connectivity index (χ1n) is 10.1. The highest BCUT2D eigenvalue weighted by Gasteiger charge is 2.53. The largest absolute Gasteiger partial charge is 0.497 e. The maximum Gasteiger partial charge on any atom is 0.350 e. The van der Waals surface area contributed by atoms with Gasteiger partial charge in [-0.3, -0.25) is 19.3 Å². The molecule has 1 saturated heterocycles. The minimum atomic E-state index is -1.31. The van der Waals surface area contributed by atoms with Crippen LogP contribution >= 0.6 is 22.9 Å². The van der Waals surface area contributed by atoms with Gasteiger partial charge in [-0.15, -0.1) is 0 Å². The quantitative estimate of drug-likeness (QED) is 0.218. The molecule has 2 unspecified atom stereocenters. The van der Waals surface area contributed by atoms with E-state index >= 15 is 0 Å². The molecule has 4 rings (SSSR count). The average molecular weight is 499 g/mol. The van der Waals surface area contributed by atoms with E-state index in [2.05, 4.69) is 4.98 Å². The Bertz CT molecular complexity index is 1290. The van der Waals surface area contributed by atoms with E-state index in [0.717, 1.165) is 11.3 Å². The van der Waals surface area contributed by atoms with Crippen molar-refractivity contribution in [3.8, 4) is 5.75 Å². The lowest BCUT2D eigenvalue weighted by atomic mass is 9.86. The van der Waals surface area contributed by atoms with Gasteiger partial charge < -0.3 is 9.47 Å². The Morgan fingerprint density at radius 2 is 1.68 bits per heavy atom. The van der Waals surface area contributed by atoms with E-state index in [9.17, 15) is 19.2 Å². The molecule has 0 N–H and O–H groups in total. The van der Waals surface area contributed by atoms with Gasteiger partial charge in [-0.1, -0.05) is 35.1 Å². The van der Waals surface area contributed by atoms with Gasteiger partial charge in [0.25, 0.3) is 5.91 Å². The fraction of sp³-hybridized carbons (Fsp3) is 0.208. The molecule has 10 heteroatoms. The van der Waals surface area contributed by atoms with Gasteiger partial charge in [0.05, 0.1) is 26.0 Å². The highest BCUT2D eigenvalue weighted by Crippen LogP contribution is 2.43. The number of carbonyl (C=O) groups excluding carboxylic acids is 4. The Morgan fingerprint density at radius 3 is 2.26 bits per heavy atom. The van der Waals surface area contributed by atoms with Gasteiger partial charge >= 0.3 is 5.97 Å². The number of aromatic nitrogens is 1. The minimum absolute atomic E-state index is 0.126. The zero-order valence-electron chi connectivity index (χ0n) is 18.4. The van der Waals surface area contributed by atoms with E-state index in [1.807, 2.05) is 0 Å². The second-order valence-corrected chi connectivity index (χ2v) is 8.92. The fourth-order valence-electron chi connectivity index (χ4n) is 3.84. The Kier molecular flexibility index (Phi) is 6.49. The third-order valence-corrected chi connectivity index (χ3v) is 6.93. The fourth-order valence-corrected chi connectivity index (χ4v) is 4.99. The van der Waals surface area contributed by atoms with Crippen LogP contribution in [-0.4, -0.2) is 42.6 Å². The maximum absolute atomic E-state index is 13.5. The van der Waals surface area contributed by atoms with E-state index < -0.39 is 35.4 Å². The monoisotopic (exact) mass is 498 g/mol. The zero-order chi connectivity index (χ0) is 24.6. The van der Waals surface area contributed by atoms with Crippen molar-refractivity contribution in [2.45, 2.75) is 13.0 Å². The van der Waals surface area contributed by atoms with Crippen molar-refractivity contribution in [1.29, 1.82) is 0 Å². The molecule has 1 aromatic heterocycles. The standard InChI is InChI=1S/C24H19ClN2O6S/c1-12-21(23(31)33-3)34-24(26-12)27-18(13-4-8-15(25)9-5-13)17(20(29)22(27)30)19(28)14-6-10-16(32-2)11-7-14/h4-11,17-18H,1-3H3. The normalized spacial score (nSPS) is 17.7. The van der Waals surface area contributed by atoms with Crippen LogP contribution < -0.4 is 9.64 Å². The first kappa shape index (κ1) is 23.6. The Labute approximate surface area is 204 Å². The molecule has 0 aliphatic carbocycles. The number of anilines is 1. The summed E-state index contributed by atoms with van der Waals surface area (Å²) in [6, 6.07) is 11.9. The van der Waals surface area contributed by atoms with Crippen LogP contribution in [0.1, 0.15) is 37.3 Å². The molecule has 2 aromatic carbocycles. The van der Waals surface area contributed by atoms with E-state index in [0.29, 0.717) is 22.0 Å². The molecular formula is C24H19ClN2O6S. The molecule has 34 heavy (non-hydrogen) atoms. The summed E-state index contributed by atoms with van der Waals surface area (Å²) in [5.74, 6) is -3.61. The lowest BCUT2D eigenvalue weighted by Gasteiger charge is -2.25. The lowest BCUT2D eigenvalue weighted by molar-refractivity contribution is -0.135. The maximum atomic E-state index is 13.5. The number of ketones is 2. The molecule has 1 aliphatic rings. The van der Waals surface area contributed by atoms with Crippen LogP contribution in [0.3, 0.4) is 0 Å². The summed E-state index contributed by atoms with van der Waals surface area (Å²) in [4.78, 5) is 57.7. The van der Waals surface area contributed by atoms with E-state index in [-0.39, 0.29) is 15.6 Å². The van der Waals surface area contributed by atoms with Crippen molar-refractivity contribution in [2.24, 2.45) is 5.92 Å². The van der Waals surface area contributed by atoms with Gasteiger partial charge in [-0.05, 0) is 48.9 Å². The molecule has 2 heterocycles. The number of benzene rings is 2. The number of esters is 1. The van der Waals surface area contributed by atoms with Crippen LogP contribution in [0.15, 0.2) is 48.5 Å². The number of halogens is 1. The SMILES string of the molecule is COC(=O)c1sc(N2C(=O)C(=O)C(C(=O)c3ccc(OC)cc3)C2c2ccc(Cl)cc2)nc1C. The highest BCUT2D eigenvalue weighted by atomic mass is 35.5. The first-order chi connectivity index (χ1) is 16.3. The third-order valence-electron chi connectivity index (χ3n) is 5.54. The molecule has 0 saturated carbocycles. The van der Waals surface area contributed by atoms with Crippen molar-refractivity contribution in [3.05, 3.63) is 75.3 Å². The number of aryl methyl sites for hydroxylation is 1. The Morgan fingerprint density at radius 1 is 1.03 bits per heavy atom. The summed E-state index contributed by atoms with van der Waals surface area (Å²) >= 11 is 6.96. The molecule has 0 bridgehead atoms. The van der Waals surface area contributed by atoms with Crippen molar-refractivity contribution < 1.29 is 28.7 Å². The number of amides is 1. The number of ether oxygens (including phenoxy) is 2. The third kappa shape index (κ3) is 4.08. The van der Waals surface area contributed by atoms with Crippen LogP contribution in [0.2, 0.25) is 5.02 Å².